The van der Waals surface area contributed by atoms with Crippen LogP contribution in [0.5, 0.6) is 11.5 Å². The van der Waals surface area contributed by atoms with Gasteiger partial charge in [0.05, 0.1) is 6.61 Å². The molecular weight excluding hydrogens is 422 g/mol. The third-order valence-corrected chi connectivity index (χ3v) is 5.82. The van der Waals surface area contributed by atoms with Crippen LogP contribution in [0.1, 0.15) is 41.8 Å². The Labute approximate surface area is 201 Å². The van der Waals surface area contributed by atoms with Crippen LogP contribution in [-0.2, 0) is 13.0 Å². The monoisotopic (exact) mass is 453 g/mol. The van der Waals surface area contributed by atoms with Crippen LogP contribution in [0, 0.1) is 0 Å². The second kappa shape index (κ2) is 11.4. The standard InChI is InChI=1S/C30H31NO3/c1-3-33-29-18-16-26(30(32)31-22(2)13-14-23-9-5-4-6-10-23)19-27(29)21-34-28-17-15-24-11-7-8-12-25(24)20-28/h4-12,15-20,22H,3,13-14,21H2,1-2H3,(H,31,32)/t22-/m0/s1. The fourth-order valence-corrected chi connectivity index (χ4v) is 3.96. The number of amides is 1. The summed E-state index contributed by atoms with van der Waals surface area (Å²) < 4.78 is 11.9. The zero-order chi connectivity index (χ0) is 23.8. The largest absolute Gasteiger partial charge is 0.493 e. The van der Waals surface area contributed by atoms with Gasteiger partial charge in [0.2, 0.25) is 0 Å². The van der Waals surface area contributed by atoms with Crippen LogP contribution in [0.25, 0.3) is 10.8 Å². The second-order valence-electron chi connectivity index (χ2n) is 8.45. The van der Waals surface area contributed by atoms with Gasteiger partial charge in [0, 0.05) is 17.2 Å². The van der Waals surface area contributed by atoms with E-state index in [1.165, 1.54) is 10.9 Å². The summed E-state index contributed by atoms with van der Waals surface area (Å²) in [5.41, 5.74) is 2.73. The Hall–Kier alpha value is -3.79. The minimum atomic E-state index is -0.0874. The van der Waals surface area contributed by atoms with Crippen LogP contribution in [0.3, 0.4) is 0 Å². The number of hydrogen-bond acceptors (Lipinski definition) is 3. The Balaban J connectivity index is 1.42. The first-order valence-electron chi connectivity index (χ1n) is 11.8. The van der Waals surface area contributed by atoms with Crippen molar-refractivity contribution in [2.75, 3.05) is 6.61 Å². The van der Waals surface area contributed by atoms with E-state index >= 15 is 0 Å². The first kappa shape index (κ1) is 23.4. The highest BCUT2D eigenvalue weighted by Crippen LogP contribution is 2.25. The number of carbonyl (C=O) groups is 1. The van der Waals surface area contributed by atoms with Crippen molar-refractivity contribution in [2.45, 2.75) is 39.3 Å². The van der Waals surface area contributed by atoms with Crippen LogP contribution in [0.4, 0.5) is 0 Å². The lowest BCUT2D eigenvalue weighted by Crippen LogP contribution is -2.33. The second-order valence-corrected chi connectivity index (χ2v) is 8.45. The van der Waals surface area contributed by atoms with Gasteiger partial charge in [-0.05, 0) is 73.4 Å². The Morgan fingerprint density at radius 2 is 1.62 bits per heavy atom. The van der Waals surface area contributed by atoms with Gasteiger partial charge in [-0.3, -0.25) is 4.79 Å². The number of ether oxygens (including phenoxy) is 2. The van der Waals surface area contributed by atoms with Gasteiger partial charge in [-0.25, -0.2) is 0 Å². The molecule has 4 aromatic rings. The predicted octanol–water partition coefficient (Wildman–Crippen LogP) is 6.57. The number of hydrogen-bond donors (Lipinski definition) is 1. The Morgan fingerprint density at radius 3 is 2.41 bits per heavy atom. The molecule has 0 aliphatic rings. The highest BCUT2D eigenvalue weighted by Gasteiger charge is 2.14. The van der Waals surface area contributed by atoms with Crippen molar-refractivity contribution in [3.63, 3.8) is 0 Å². The molecule has 0 fully saturated rings. The van der Waals surface area contributed by atoms with Gasteiger partial charge in [-0.15, -0.1) is 0 Å². The minimum absolute atomic E-state index is 0.0663. The molecule has 0 radical (unpaired) electrons. The molecule has 174 valence electrons. The normalized spacial score (nSPS) is 11.7. The summed E-state index contributed by atoms with van der Waals surface area (Å²) in [7, 11) is 0. The average molecular weight is 454 g/mol. The molecule has 1 amide bonds. The molecule has 0 bridgehead atoms. The number of aryl methyl sites for hydroxylation is 1. The molecule has 0 unspecified atom stereocenters. The molecular formula is C30H31NO3. The van der Waals surface area contributed by atoms with Crippen molar-refractivity contribution in [3.05, 3.63) is 108 Å². The van der Waals surface area contributed by atoms with Gasteiger partial charge in [-0.1, -0.05) is 60.7 Å². The lowest BCUT2D eigenvalue weighted by Gasteiger charge is -2.16. The molecule has 34 heavy (non-hydrogen) atoms. The van der Waals surface area contributed by atoms with E-state index in [4.69, 9.17) is 9.47 Å². The zero-order valence-electron chi connectivity index (χ0n) is 19.8. The maximum Gasteiger partial charge on any atom is 0.251 e. The SMILES string of the molecule is CCOc1ccc(C(=O)N[C@@H](C)CCc2ccccc2)cc1COc1ccc2ccccc2c1. The third-order valence-electron chi connectivity index (χ3n) is 5.82. The van der Waals surface area contributed by atoms with Crippen LogP contribution < -0.4 is 14.8 Å². The highest BCUT2D eigenvalue weighted by molar-refractivity contribution is 5.94. The summed E-state index contributed by atoms with van der Waals surface area (Å²) in [6.07, 6.45) is 1.81. The topological polar surface area (TPSA) is 47.6 Å². The van der Waals surface area contributed by atoms with Gasteiger partial charge in [0.25, 0.3) is 5.91 Å². The van der Waals surface area contributed by atoms with Crippen molar-refractivity contribution >= 4 is 16.7 Å². The maximum atomic E-state index is 12.9. The van der Waals surface area contributed by atoms with E-state index in [2.05, 4.69) is 35.6 Å². The molecule has 0 saturated carbocycles. The first-order valence-corrected chi connectivity index (χ1v) is 11.8. The fourth-order valence-electron chi connectivity index (χ4n) is 3.96. The van der Waals surface area contributed by atoms with Gasteiger partial charge < -0.3 is 14.8 Å². The fraction of sp³-hybridized carbons (Fsp3) is 0.233. The summed E-state index contributed by atoms with van der Waals surface area (Å²) in [5.74, 6) is 1.43. The lowest BCUT2D eigenvalue weighted by molar-refractivity contribution is 0.0938. The molecule has 4 aromatic carbocycles. The highest BCUT2D eigenvalue weighted by atomic mass is 16.5. The van der Waals surface area contributed by atoms with Crippen LogP contribution >= 0.6 is 0 Å². The van der Waals surface area contributed by atoms with Crippen LogP contribution in [-0.4, -0.2) is 18.6 Å². The van der Waals surface area contributed by atoms with Crippen molar-refractivity contribution in [3.8, 4) is 11.5 Å². The number of nitrogens with one attached hydrogen (secondary N) is 1. The van der Waals surface area contributed by atoms with E-state index in [0.717, 1.165) is 35.3 Å². The Morgan fingerprint density at radius 1 is 0.853 bits per heavy atom. The van der Waals surface area contributed by atoms with Crippen molar-refractivity contribution < 1.29 is 14.3 Å². The van der Waals surface area contributed by atoms with Gasteiger partial charge in [0.1, 0.15) is 18.1 Å². The maximum absolute atomic E-state index is 12.9. The zero-order valence-corrected chi connectivity index (χ0v) is 19.8. The molecule has 0 aromatic heterocycles. The van der Waals surface area contributed by atoms with Gasteiger partial charge >= 0.3 is 0 Å². The quantitative estimate of drug-likeness (QED) is 0.295. The predicted molar refractivity (Wildman–Crippen MR) is 138 cm³/mol. The van der Waals surface area contributed by atoms with Crippen LogP contribution in [0.15, 0.2) is 91.0 Å². The van der Waals surface area contributed by atoms with Crippen molar-refractivity contribution in [1.29, 1.82) is 0 Å². The number of carbonyl (C=O) groups excluding carboxylic acids is 1. The Kier molecular flexibility index (Phi) is 7.82. The number of fused-ring (bicyclic) bond motifs is 1. The average Bonchev–Trinajstić information content (AvgIpc) is 2.87. The first-order chi connectivity index (χ1) is 16.6. The molecule has 0 aliphatic heterocycles. The number of rotatable bonds is 10. The number of benzene rings is 4. The summed E-state index contributed by atoms with van der Waals surface area (Å²) in [5, 5.41) is 5.42. The molecule has 4 heteroatoms. The summed E-state index contributed by atoms with van der Waals surface area (Å²) in [6, 6.07) is 30.2. The molecule has 4 rings (SSSR count). The smallest absolute Gasteiger partial charge is 0.251 e. The Bertz CT molecular complexity index is 1240. The molecule has 0 aliphatic carbocycles. The summed E-state index contributed by atoms with van der Waals surface area (Å²) >= 11 is 0. The lowest BCUT2D eigenvalue weighted by atomic mass is 10.1. The molecule has 1 atom stereocenters. The summed E-state index contributed by atoms with van der Waals surface area (Å²) in [4.78, 5) is 12.9. The van der Waals surface area contributed by atoms with E-state index in [-0.39, 0.29) is 11.9 Å². The van der Waals surface area contributed by atoms with Crippen molar-refractivity contribution in [2.24, 2.45) is 0 Å². The van der Waals surface area contributed by atoms with E-state index in [9.17, 15) is 4.79 Å². The molecule has 0 heterocycles. The molecule has 4 nitrogen and oxygen atoms in total. The van der Waals surface area contributed by atoms with Crippen molar-refractivity contribution in [1.82, 2.24) is 5.32 Å². The van der Waals surface area contributed by atoms with Gasteiger partial charge in [-0.2, -0.15) is 0 Å². The minimum Gasteiger partial charge on any atom is -0.493 e. The molecule has 0 spiro atoms. The molecule has 1 N–H and O–H groups in total. The summed E-state index contributed by atoms with van der Waals surface area (Å²) in [6.45, 7) is 4.85. The van der Waals surface area contributed by atoms with E-state index in [0.29, 0.717) is 18.8 Å². The van der Waals surface area contributed by atoms with E-state index in [1.54, 1.807) is 0 Å². The van der Waals surface area contributed by atoms with Gasteiger partial charge in [0.15, 0.2) is 0 Å². The van der Waals surface area contributed by atoms with Crippen LogP contribution in [0.2, 0.25) is 0 Å². The van der Waals surface area contributed by atoms with E-state index in [1.807, 2.05) is 74.5 Å². The third kappa shape index (κ3) is 6.16. The van der Waals surface area contributed by atoms with E-state index < -0.39 is 0 Å². The molecule has 0 saturated heterocycles.